The highest BCUT2D eigenvalue weighted by Crippen LogP contribution is 2.24. The predicted molar refractivity (Wildman–Crippen MR) is 98.5 cm³/mol. The molecule has 2 heterocycles. The van der Waals surface area contributed by atoms with Gasteiger partial charge >= 0.3 is 0 Å². The summed E-state index contributed by atoms with van der Waals surface area (Å²) >= 11 is 1.56. The molecule has 2 amide bonds. The number of benzene rings is 2. The van der Waals surface area contributed by atoms with Gasteiger partial charge in [-0.3, -0.25) is 19.1 Å². The molecule has 0 aliphatic carbocycles. The summed E-state index contributed by atoms with van der Waals surface area (Å²) in [5.41, 5.74) is 1.99. The molecule has 3 aromatic rings. The van der Waals surface area contributed by atoms with Gasteiger partial charge in [-0.05, 0) is 30.7 Å². The number of fused-ring (bicyclic) bond motifs is 1. The fraction of sp³-hybridized carbons (Fsp3) is 0.158. The van der Waals surface area contributed by atoms with Crippen LogP contribution in [0.5, 0.6) is 0 Å². The maximum atomic E-state index is 12.3. The minimum absolute atomic E-state index is 0.206. The molecule has 130 valence electrons. The molecule has 0 unspecified atom stereocenters. The Balaban J connectivity index is 1.35. The molecule has 1 aliphatic rings. The molecular formula is C19H16N4O2S. The molecule has 0 N–H and O–H groups in total. The summed E-state index contributed by atoms with van der Waals surface area (Å²) in [5.74, 6) is 0.324. The van der Waals surface area contributed by atoms with Gasteiger partial charge in [0.25, 0.3) is 11.8 Å². The van der Waals surface area contributed by atoms with Crippen LogP contribution in [0.15, 0.2) is 66.1 Å². The highest BCUT2D eigenvalue weighted by Gasteiger charge is 2.34. The number of hydrogen-bond donors (Lipinski definition) is 0. The van der Waals surface area contributed by atoms with Crippen LogP contribution in [-0.4, -0.2) is 43.8 Å². The highest BCUT2D eigenvalue weighted by molar-refractivity contribution is 7.99. The number of carbonyl (C=O) groups excluding carboxylic acids is 2. The second kappa shape index (κ2) is 7.13. The van der Waals surface area contributed by atoms with Gasteiger partial charge in [0.2, 0.25) is 0 Å². The average Bonchev–Trinajstić information content (AvgIpc) is 3.24. The number of hydrogen-bond acceptors (Lipinski definition) is 5. The fourth-order valence-electron chi connectivity index (χ4n) is 2.92. The first-order chi connectivity index (χ1) is 12.8. The SMILES string of the molecule is O=C1c2ccccc2C(=O)N1CCCSc1nncn1-c1ccccc1. The van der Waals surface area contributed by atoms with E-state index in [0.717, 1.165) is 16.6 Å². The van der Waals surface area contributed by atoms with Crippen molar-refractivity contribution in [1.82, 2.24) is 19.7 Å². The van der Waals surface area contributed by atoms with E-state index in [0.29, 0.717) is 24.1 Å². The maximum Gasteiger partial charge on any atom is 0.261 e. The fourth-order valence-corrected chi connectivity index (χ4v) is 3.77. The van der Waals surface area contributed by atoms with Crippen molar-refractivity contribution < 1.29 is 9.59 Å². The van der Waals surface area contributed by atoms with E-state index in [-0.39, 0.29) is 11.8 Å². The third-order valence-corrected chi connectivity index (χ3v) is 5.22. The van der Waals surface area contributed by atoms with Crippen LogP contribution in [0.3, 0.4) is 0 Å². The molecule has 0 atom stereocenters. The molecule has 2 aromatic carbocycles. The van der Waals surface area contributed by atoms with Crippen LogP contribution >= 0.6 is 11.8 Å². The van der Waals surface area contributed by atoms with Crippen LogP contribution in [0, 0.1) is 0 Å². The molecule has 0 radical (unpaired) electrons. The van der Waals surface area contributed by atoms with Crippen LogP contribution in [0.4, 0.5) is 0 Å². The molecule has 0 spiro atoms. The van der Waals surface area contributed by atoms with Crippen LogP contribution in [-0.2, 0) is 0 Å². The van der Waals surface area contributed by atoms with Gasteiger partial charge in [0.1, 0.15) is 6.33 Å². The Bertz CT molecular complexity index is 920. The van der Waals surface area contributed by atoms with E-state index in [9.17, 15) is 9.59 Å². The molecular weight excluding hydrogens is 348 g/mol. The van der Waals surface area contributed by atoms with Gasteiger partial charge in [-0.15, -0.1) is 10.2 Å². The van der Waals surface area contributed by atoms with E-state index in [4.69, 9.17) is 0 Å². The Kier molecular flexibility index (Phi) is 4.53. The molecule has 7 heteroatoms. The Hall–Kier alpha value is -2.93. The van der Waals surface area contributed by atoms with Gasteiger partial charge in [-0.1, -0.05) is 42.1 Å². The van der Waals surface area contributed by atoms with E-state index in [1.807, 2.05) is 34.9 Å². The molecule has 0 bridgehead atoms. The van der Waals surface area contributed by atoms with Crippen molar-refractivity contribution in [1.29, 1.82) is 0 Å². The summed E-state index contributed by atoms with van der Waals surface area (Å²) < 4.78 is 1.92. The van der Waals surface area contributed by atoms with Crippen molar-refractivity contribution in [2.45, 2.75) is 11.6 Å². The zero-order valence-electron chi connectivity index (χ0n) is 13.9. The summed E-state index contributed by atoms with van der Waals surface area (Å²) in [6.45, 7) is 0.402. The first kappa shape index (κ1) is 16.5. The number of aromatic nitrogens is 3. The standard InChI is InChI=1S/C19H16N4O2S/c24-17-15-9-4-5-10-16(15)18(25)22(17)11-6-12-26-19-21-20-13-23(19)14-7-2-1-3-8-14/h1-5,7-10,13H,6,11-12H2. The number of thioether (sulfide) groups is 1. The van der Waals surface area contributed by atoms with Gasteiger partial charge in [-0.25, -0.2) is 0 Å². The summed E-state index contributed by atoms with van der Waals surface area (Å²) in [5, 5.41) is 8.92. The van der Waals surface area contributed by atoms with Crippen molar-refractivity contribution >= 4 is 23.6 Å². The lowest BCUT2D eigenvalue weighted by Gasteiger charge is -2.13. The van der Waals surface area contributed by atoms with Crippen LogP contribution in [0.1, 0.15) is 27.1 Å². The number of amides is 2. The number of nitrogens with zero attached hydrogens (tertiary/aromatic N) is 4. The molecule has 0 saturated heterocycles. The largest absolute Gasteiger partial charge is 0.277 e. The third kappa shape index (κ3) is 3.01. The third-order valence-electron chi connectivity index (χ3n) is 4.19. The minimum atomic E-state index is -0.206. The summed E-state index contributed by atoms with van der Waals surface area (Å²) in [6.07, 6.45) is 2.37. The second-order valence-electron chi connectivity index (χ2n) is 5.83. The lowest BCUT2D eigenvalue weighted by molar-refractivity contribution is 0.0655. The zero-order valence-corrected chi connectivity index (χ0v) is 14.7. The lowest BCUT2D eigenvalue weighted by Crippen LogP contribution is -2.31. The van der Waals surface area contributed by atoms with Crippen molar-refractivity contribution in [3.05, 3.63) is 72.1 Å². The summed E-state index contributed by atoms with van der Waals surface area (Å²) in [6, 6.07) is 16.8. The summed E-state index contributed by atoms with van der Waals surface area (Å²) in [4.78, 5) is 26.0. The maximum absolute atomic E-state index is 12.3. The van der Waals surface area contributed by atoms with Crippen molar-refractivity contribution in [3.63, 3.8) is 0 Å². The van der Waals surface area contributed by atoms with Crippen LogP contribution in [0.25, 0.3) is 5.69 Å². The lowest BCUT2D eigenvalue weighted by atomic mass is 10.1. The molecule has 1 aliphatic heterocycles. The zero-order chi connectivity index (χ0) is 17.9. The Morgan fingerprint density at radius 1 is 0.885 bits per heavy atom. The number of para-hydroxylation sites is 1. The minimum Gasteiger partial charge on any atom is -0.277 e. The van der Waals surface area contributed by atoms with Crippen LogP contribution in [0.2, 0.25) is 0 Å². The quantitative estimate of drug-likeness (QED) is 0.382. The average molecular weight is 364 g/mol. The first-order valence-electron chi connectivity index (χ1n) is 8.29. The number of carbonyl (C=O) groups is 2. The molecule has 0 saturated carbocycles. The molecule has 4 rings (SSSR count). The van der Waals surface area contributed by atoms with E-state index < -0.39 is 0 Å². The Morgan fingerprint density at radius 2 is 1.54 bits per heavy atom. The number of imide groups is 1. The normalized spacial score (nSPS) is 13.3. The molecule has 1 aromatic heterocycles. The van der Waals surface area contributed by atoms with Gasteiger partial charge in [0.05, 0.1) is 11.1 Å². The topological polar surface area (TPSA) is 68.1 Å². The van der Waals surface area contributed by atoms with Gasteiger partial charge in [0.15, 0.2) is 5.16 Å². The van der Waals surface area contributed by atoms with Gasteiger partial charge in [0, 0.05) is 18.0 Å². The highest BCUT2D eigenvalue weighted by atomic mass is 32.2. The van der Waals surface area contributed by atoms with E-state index in [1.54, 1.807) is 42.4 Å². The van der Waals surface area contributed by atoms with E-state index in [2.05, 4.69) is 10.2 Å². The Labute approximate surface area is 154 Å². The first-order valence-corrected chi connectivity index (χ1v) is 9.28. The van der Waals surface area contributed by atoms with Crippen molar-refractivity contribution in [2.24, 2.45) is 0 Å². The monoisotopic (exact) mass is 364 g/mol. The van der Waals surface area contributed by atoms with E-state index >= 15 is 0 Å². The molecule has 0 fully saturated rings. The Morgan fingerprint density at radius 3 is 2.23 bits per heavy atom. The predicted octanol–water partition coefficient (Wildman–Crippen LogP) is 3.05. The second-order valence-corrected chi connectivity index (χ2v) is 6.89. The molecule has 26 heavy (non-hydrogen) atoms. The molecule has 6 nitrogen and oxygen atoms in total. The number of rotatable bonds is 6. The van der Waals surface area contributed by atoms with Crippen molar-refractivity contribution in [2.75, 3.05) is 12.3 Å². The summed E-state index contributed by atoms with van der Waals surface area (Å²) in [7, 11) is 0. The van der Waals surface area contributed by atoms with Gasteiger partial charge < -0.3 is 0 Å². The van der Waals surface area contributed by atoms with E-state index in [1.165, 1.54) is 4.90 Å². The van der Waals surface area contributed by atoms with Crippen LogP contribution < -0.4 is 0 Å². The van der Waals surface area contributed by atoms with Crippen molar-refractivity contribution in [3.8, 4) is 5.69 Å². The van der Waals surface area contributed by atoms with Gasteiger partial charge in [-0.2, -0.15) is 0 Å². The smallest absolute Gasteiger partial charge is 0.261 e.